The molecule has 3 nitrogen and oxygen atoms in total. The second-order valence-corrected chi connectivity index (χ2v) is 7.10. The summed E-state index contributed by atoms with van der Waals surface area (Å²) in [5.74, 6) is 1.53. The largest absolute Gasteiger partial charge is 0.494 e. The van der Waals surface area contributed by atoms with Gasteiger partial charge in [0.05, 0.1) is 7.11 Å². The van der Waals surface area contributed by atoms with E-state index in [0.29, 0.717) is 23.1 Å². The van der Waals surface area contributed by atoms with Crippen molar-refractivity contribution >= 4 is 10.9 Å². The van der Waals surface area contributed by atoms with E-state index in [2.05, 4.69) is 29.0 Å². The van der Waals surface area contributed by atoms with Gasteiger partial charge in [0.15, 0.2) is 11.6 Å². The summed E-state index contributed by atoms with van der Waals surface area (Å²) < 4.78 is 19.8. The van der Waals surface area contributed by atoms with Crippen LogP contribution in [0, 0.1) is 17.7 Å². The topological polar surface area (TPSA) is 28.3 Å². The summed E-state index contributed by atoms with van der Waals surface area (Å²) >= 11 is 0. The maximum Gasteiger partial charge on any atom is 0.174 e. The number of aromatic nitrogens is 1. The number of halogens is 1. The minimum atomic E-state index is -0.252. The van der Waals surface area contributed by atoms with Gasteiger partial charge < -0.3 is 9.72 Å². The Morgan fingerprint density at radius 2 is 2.21 bits per heavy atom. The van der Waals surface area contributed by atoms with Crippen LogP contribution in [0.1, 0.15) is 25.3 Å². The molecule has 24 heavy (non-hydrogen) atoms. The fraction of sp³-hybridized carbons (Fsp3) is 0.500. The molecular weight excluding hydrogens is 303 g/mol. The number of aromatic amines is 1. The van der Waals surface area contributed by atoms with Crippen molar-refractivity contribution in [3.05, 3.63) is 41.9 Å². The lowest BCUT2D eigenvalue weighted by Gasteiger charge is -2.46. The molecule has 4 heteroatoms. The van der Waals surface area contributed by atoms with Crippen LogP contribution >= 0.6 is 0 Å². The summed E-state index contributed by atoms with van der Waals surface area (Å²) in [4.78, 5) is 5.78. The Morgan fingerprint density at radius 3 is 2.96 bits per heavy atom. The molecule has 0 unspecified atom stereocenters. The third-order valence-corrected chi connectivity index (χ3v) is 5.80. The molecule has 1 saturated heterocycles. The van der Waals surface area contributed by atoms with Crippen LogP contribution in [-0.4, -0.2) is 36.1 Å². The lowest BCUT2D eigenvalue weighted by molar-refractivity contribution is 0.0826. The molecule has 5 rings (SSSR count). The highest BCUT2D eigenvalue weighted by atomic mass is 19.1. The first-order chi connectivity index (χ1) is 11.7. The number of hydrogen-bond acceptors (Lipinski definition) is 2. The Bertz CT molecular complexity index is 766. The van der Waals surface area contributed by atoms with Crippen LogP contribution in [0.3, 0.4) is 0 Å². The molecule has 0 spiro atoms. The van der Waals surface area contributed by atoms with Gasteiger partial charge in [0.25, 0.3) is 0 Å². The van der Waals surface area contributed by atoms with Crippen molar-refractivity contribution in [1.82, 2.24) is 9.88 Å². The van der Waals surface area contributed by atoms with Gasteiger partial charge in [0.1, 0.15) is 0 Å². The third kappa shape index (κ3) is 2.53. The Hall–Kier alpha value is -1.81. The maximum atomic E-state index is 14.6. The first-order valence-electron chi connectivity index (χ1n) is 8.96. The number of ether oxygens (including phenoxy) is 1. The Morgan fingerprint density at radius 1 is 1.33 bits per heavy atom. The van der Waals surface area contributed by atoms with E-state index >= 15 is 0 Å². The number of benzene rings is 1. The van der Waals surface area contributed by atoms with Crippen molar-refractivity contribution in [2.75, 3.05) is 20.2 Å². The van der Waals surface area contributed by atoms with Crippen molar-refractivity contribution in [1.29, 1.82) is 0 Å². The Labute approximate surface area is 142 Å². The van der Waals surface area contributed by atoms with Gasteiger partial charge in [-0.2, -0.15) is 0 Å². The average molecular weight is 328 g/mol. The van der Waals surface area contributed by atoms with Crippen molar-refractivity contribution < 1.29 is 9.13 Å². The molecule has 2 aromatic rings. The van der Waals surface area contributed by atoms with Crippen LogP contribution in [0.15, 0.2) is 30.5 Å². The van der Waals surface area contributed by atoms with Gasteiger partial charge in [-0.1, -0.05) is 25.5 Å². The number of nitrogens with zero attached hydrogens (tertiary/aromatic N) is 1. The fourth-order valence-electron chi connectivity index (χ4n) is 4.51. The van der Waals surface area contributed by atoms with Crippen LogP contribution < -0.4 is 4.74 Å². The lowest BCUT2D eigenvalue weighted by atomic mass is 9.76. The predicted octanol–water partition coefficient (Wildman–Crippen LogP) is 4.14. The summed E-state index contributed by atoms with van der Waals surface area (Å²) in [6, 6.07) is 4.13. The molecule has 2 bridgehead atoms. The number of fused-ring (bicyclic) bond motifs is 3. The number of nitrogens with one attached hydrogen (secondary N) is 1. The number of rotatable bonds is 5. The van der Waals surface area contributed by atoms with Crippen molar-refractivity contribution in [2.45, 2.75) is 32.2 Å². The minimum Gasteiger partial charge on any atom is -0.494 e. The SMILES string of the molecule is CC[C@H]1C[C@H]2C=C[C@@H]1N(CCc1c[nH]c3ccc(OC)c(F)c13)C2. The van der Waals surface area contributed by atoms with Gasteiger partial charge >= 0.3 is 0 Å². The molecule has 1 aromatic carbocycles. The van der Waals surface area contributed by atoms with Crippen molar-refractivity contribution in [3.63, 3.8) is 0 Å². The Kier molecular flexibility index (Phi) is 4.09. The number of H-pyrrole nitrogens is 1. The standard InChI is InChI=1S/C20H25FN2O/c1-3-14-10-13-4-6-17(14)23(12-13)9-8-15-11-22-16-5-7-18(24-2)20(21)19(15)16/h4-7,11,13-14,17,22H,3,8-10,12H2,1-2H3/t13-,14+,17+/m1/s1. The zero-order valence-electron chi connectivity index (χ0n) is 14.4. The molecular formula is C20H25FN2O. The maximum absolute atomic E-state index is 14.6. The van der Waals surface area contributed by atoms with E-state index in [9.17, 15) is 4.39 Å². The quantitative estimate of drug-likeness (QED) is 0.835. The van der Waals surface area contributed by atoms with Gasteiger partial charge in [-0.25, -0.2) is 4.39 Å². The van der Waals surface area contributed by atoms with E-state index < -0.39 is 0 Å². The highest BCUT2D eigenvalue weighted by Crippen LogP contribution is 2.36. The summed E-state index contributed by atoms with van der Waals surface area (Å²) in [5.41, 5.74) is 1.88. The van der Waals surface area contributed by atoms with Crippen molar-refractivity contribution in [3.8, 4) is 5.75 Å². The third-order valence-electron chi connectivity index (χ3n) is 5.80. The molecule has 1 aromatic heterocycles. The number of piperidine rings is 1. The van der Waals surface area contributed by atoms with E-state index in [1.165, 1.54) is 20.0 Å². The van der Waals surface area contributed by atoms with E-state index in [1.807, 2.05) is 12.3 Å². The number of hydrogen-bond donors (Lipinski definition) is 1. The molecule has 128 valence electrons. The van der Waals surface area contributed by atoms with Crippen LogP contribution in [0.25, 0.3) is 10.9 Å². The van der Waals surface area contributed by atoms with Gasteiger partial charge in [0.2, 0.25) is 0 Å². The summed E-state index contributed by atoms with van der Waals surface area (Å²) in [5, 5.41) is 0.680. The smallest absolute Gasteiger partial charge is 0.174 e. The van der Waals surface area contributed by atoms with Gasteiger partial charge in [-0.15, -0.1) is 0 Å². The predicted molar refractivity (Wildman–Crippen MR) is 94.9 cm³/mol. The first-order valence-corrected chi connectivity index (χ1v) is 8.96. The zero-order chi connectivity index (χ0) is 16.7. The highest BCUT2D eigenvalue weighted by Gasteiger charge is 2.36. The molecule has 0 saturated carbocycles. The summed E-state index contributed by atoms with van der Waals surface area (Å²) in [6.45, 7) is 4.41. The van der Waals surface area contributed by atoms with E-state index in [0.717, 1.165) is 36.5 Å². The number of methoxy groups -OCH3 is 1. The van der Waals surface area contributed by atoms with E-state index in [4.69, 9.17) is 4.74 Å². The Balaban J connectivity index is 1.54. The van der Waals surface area contributed by atoms with E-state index in [1.54, 1.807) is 6.07 Å². The monoisotopic (exact) mass is 328 g/mol. The molecule has 3 atom stereocenters. The van der Waals surface area contributed by atoms with Crippen molar-refractivity contribution in [2.24, 2.45) is 11.8 Å². The van der Waals surface area contributed by atoms with Gasteiger partial charge in [0, 0.05) is 36.2 Å². The molecule has 1 N–H and O–H groups in total. The summed E-state index contributed by atoms with van der Waals surface area (Å²) in [6.07, 6.45) is 10.2. The second kappa shape index (κ2) is 6.25. The fourth-order valence-corrected chi connectivity index (χ4v) is 4.51. The second-order valence-electron chi connectivity index (χ2n) is 7.10. The zero-order valence-corrected chi connectivity index (χ0v) is 14.4. The molecule has 3 heterocycles. The van der Waals surface area contributed by atoms with Crippen LogP contribution in [0.4, 0.5) is 4.39 Å². The first kappa shape index (κ1) is 15.7. The molecule has 1 aliphatic carbocycles. The van der Waals surface area contributed by atoms with Crippen LogP contribution in [0.5, 0.6) is 5.75 Å². The van der Waals surface area contributed by atoms with Crippen LogP contribution in [0.2, 0.25) is 0 Å². The lowest BCUT2D eigenvalue weighted by Crippen LogP contribution is -2.50. The molecule has 1 fully saturated rings. The van der Waals surface area contributed by atoms with Gasteiger partial charge in [-0.3, -0.25) is 4.90 Å². The molecule has 0 amide bonds. The average Bonchev–Trinajstić information content (AvgIpc) is 3.04. The highest BCUT2D eigenvalue weighted by molar-refractivity contribution is 5.85. The summed E-state index contributed by atoms with van der Waals surface area (Å²) in [7, 11) is 1.51. The van der Waals surface area contributed by atoms with Crippen LogP contribution in [-0.2, 0) is 6.42 Å². The molecule has 0 radical (unpaired) electrons. The molecule has 2 aliphatic heterocycles. The minimum absolute atomic E-state index is 0.252. The normalized spacial score (nSPS) is 26.4. The van der Waals surface area contributed by atoms with E-state index in [-0.39, 0.29) is 5.82 Å². The molecule has 3 aliphatic rings. The van der Waals surface area contributed by atoms with Gasteiger partial charge in [-0.05, 0) is 42.4 Å².